The maximum Gasteiger partial charge on any atom is 0.224 e. The smallest absolute Gasteiger partial charge is 0.224 e. The number of hydrogen-bond acceptors (Lipinski definition) is 4. The molecular formula is C9H12ClN3O. The van der Waals surface area contributed by atoms with Gasteiger partial charge in [-0.05, 0) is 31.4 Å². The first-order chi connectivity index (χ1) is 6.65. The molecule has 0 aromatic carbocycles. The maximum absolute atomic E-state index is 9.14. The quantitative estimate of drug-likeness (QED) is 0.745. The normalized spacial score (nSPS) is 17.9. The zero-order valence-electron chi connectivity index (χ0n) is 7.92. The minimum atomic E-state index is -0.164. The molecule has 0 unspecified atom stereocenters. The summed E-state index contributed by atoms with van der Waals surface area (Å²) >= 11 is 5.68. The van der Waals surface area contributed by atoms with E-state index in [0.717, 1.165) is 24.2 Å². The van der Waals surface area contributed by atoms with Crippen LogP contribution in [0.15, 0.2) is 6.20 Å². The SMILES string of the molecule is Cc1cnc(Cl)nc1NC1(CO)CC1. The number of rotatable bonds is 3. The van der Waals surface area contributed by atoms with Gasteiger partial charge in [-0.1, -0.05) is 0 Å². The van der Waals surface area contributed by atoms with Crippen LogP contribution in [0.4, 0.5) is 5.82 Å². The Morgan fingerprint density at radius 1 is 1.64 bits per heavy atom. The van der Waals surface area contributed by atoms with Crippen LogP contribution in [0.5, 0.6) is 0 Å². The molecule has 1 aliphatic carbocycles. The Hall–Kier alpha value is -0.870. The van der Waals surface area contributed by atoms with Crippen molar-refractivity contribution in [2.75, 3.05) is 11.9 Å². The van der Waals surface area contributed by atoms with Crippen molar-refractivity contribution in [1.29, 1.82) is 0 Å². The first kappa shape index (κ1) is 9.68. The summed E-state index contributed by atoms with van der Waals surface area (Å²) in [4.78, 5) is 7.95. The van der Waals surface area contributed by atoms with Gasteiger partial charge in [-0.2, -0.15) is 0 Å². The fourth-order valence-electron chi connectivity index (χ4n) is 1.27. The van der Waals surface area contributed by atoms with Crippen molar-refractivity contribution in [3.63, 3.8) is 0 Å². The van der Waals surface area contributed by atoms with Gasteiger partial charge in [0.1, 0.15) is 5.82 Å². The molecule has 0 bridgehead atoms. The average molecular weight is 214 g/mol. The van der Waals surface area contributed by atoms with Gasteiger partial charge in [0.15, 0.2) is 0 Å². The van der Waals surface area contributed by atoms with Crippen LogP contribution in [0.1, 0.15) is 18.4 Å². The third-order valence-electron chi connectivity index (χ3n) is 2.48. The van der Waals surface area contributed by atoms with Gasteiger partial charge in [-0.3, -0.25) is 0 Å². The largest absolute Gasteiger partial charge is 0.394 e. The molecule has 76 valence electrons. The predicted molar refractivity (Wildman–Crippen MR) is 54.5 cm³/mol. The molecule has 1 saturated carbocycles. The number of aromatic nitrogens is 2. The molecule has 1 fully saturated rings. The lowest BCUT2D eigenvalue weighted by atomic mass is 10.2. The summed E-state index contributed by atoms with van der Waals surface area (Å²) in [5.41, 5.74) is 0.775. The van der Waals surface area contributed by atoms with E-state index in [0.29, 0.717) is 0 Å². The Balaban J connectivity index is 2.20. The molecule has 0 atom stereocenters. The van der Waals surface area contributed by atoms with Crippen LogP contribution in [0, 0.1) is 6.92 Å². The number of hydrogen-bond donors (Lipinski definition) is 2. The van der Waals surface area contributed by atoms with Crippen molar-refractivity contribution in [2.45, 2.75) is 25.3 Å². The molecule has 4 nitrogen and oxygen atoms in total. The molecule has 14 heavy (non-hydrogen) atoms. The zero-order valence-corrected chi connectivity index (χ0v) is 8.67. The summed E-state index contributed by atoms with van der Waals surface area (Å²) in [5.74, 6) is 0.719. The van der Waals surface area contributed by atoms with E-state index in [1.807, 2.05) is 6.92 Å². The second kappa shape index (κ2) is 3.37. The Morgan fingerprint density at radius 2 is 2.36 bits per heavy atom. The van der Waals surface area contributed by atoms with E-state index in [2.05, 4.69) is 15.3 Å². The van der Waals surface area contributed by atoms with Gasteiger partial charge >= 0.3 is 0 Å². The van der Waals surface area contributed by atoms with Crippen LogP contribution in [-0.2, 0) is 0 Å². The van der Waals surface area contributed by atoms with Crippen molar-refractivity contribution in [3.8, 4) is 0 Å². The molecule has 1 heterocycles. The van der Waals surface area contributed by atoms with E-state index in [-0.39, 0.29) is 17.4 Å². The van der Waals surface area contributed by atoms with Crippen LogP contribution >= 0.6 is 11.6 Å². The third-order valence-corrected chi connectivity index (χ3v) is 2.66. The van der Waals surface area contributed by atoms with E-state index in [1.54, 1.807) is 6.20 Å². The van der Waals surface area contributed by atoms with Crippen LogP contribution in [-0.4, -0.2) is 27.2 Å². The molecule has 2 N–H and O–H groups in total. The summed E-state index contributed by atoms with van der Waals surface area (Å²) in [6.45, 7) is 2.04. The monoisotopic (exact) mass is 213 g/mol. The number of halogens is 1. The van der Waals surface area contributed by atoms with Crippen molar-refractivity contribution >= 4 is 17.4 Å². The minimum absolute atomic E-state index is 0.133. The molecule has 5 heteroatoms. The lowest BCUT2D eigenvalue weighted by Gasteiger charge is -2.16. The van der Waals surface area contributed by atoms with Crippen molar-refractivity contribution in [3.05, 3.63) is 17.0 Å². The van der Waals surface area contributed by atoms with Crippen LogP contribution < -0.4 is 5.32 Å². The standard InChI is InChI=1S/C9H12ClN3O/c1-6-4-11-8(10)12-7(6)13-9(5-14)2-3-9/h4,14H,2-3,5H2,1H3,(H,11,12,13). The first-order valence-corrected chi connectivity index (χ1v) is 4.91. The molecule has 1 aromatic heterocycles. The van der Waals surface area contributed by atoms with E-state index in [4.69, 9.17) is 16.7 Å². The summed E-state index contributed by atoms with van der Waals surface area (Å²) in [6, 6.07) is 0. The van der Waals surface area contributed by atoms with Gasteiger partial charge < -0.3 is 10.4 Å². The van der Waals surface area contributed by atoms with Gasteiger partial charge in [0.2, 0.25) is 5.28 Å². The van der Waals surface area contributed by atoms with Gasteiger partial charge in [0.05, 0.1) is 12.1 Å². The van der Waals surface area contributed by atoms with E-state index in [1.165, 1.54) is 0 Å². The van der Waals surface area contributed by atoms with Crippen LogP contribution in [0.25, 0.3) is 0 Å². The molecule has 2 rings (SSSR count). The average Bonchev–Trinajstić information content (AvgIpc) is 2.92. The van der Waals surface area contributed by atoms with Gasteiger partial charge in [0.25, 0.3) is 0 Å². The molecule has 0 saturated heterocycles. The molecule has 0 radical (unpaired) electrons. The summed E-state index contributed by atoms with van der Waals surface area (Å²) in [5, 5.41) is 12.6. The van der Waals surface area contributed by atoms with E-state index >= 15 is 0 Å². The number of aliphatic hydroxyl groups excluding tert-OH is 1. The number of nitrogens with one attached hydrogen (secondary N) is 1. The van der Waals surface area contributed by atoms with E-state index < -0.39 is 0 Å². The fourth-order valence-corrected chi connectivity index (χ4v) is 1.41. The molecule has 0 amide bonds. The van der Waals surface area contributed by atoms with E-state index in [9.17, 15) is 0 Å². The Labute approximate surface area is 87.3 Å². The second-order valence-corrected chi connectivity index (χ2v) is 4.07. The summed E-state index contributed by atoms with van der Waals surface area (Å²) < 4.78 is 0. The predicted octanol–water partition coefficient (Wildman–Crippen LogP) is 1.38. The minimum Gasteiger partial charge on any atom is -0.394 e. The first-order valence-electron chi connectivity index (χ1n) is 4.53. The highest BCUT2D eigenvalue weighted by atomic mass is 35.5. The number of anilines is 1. The Bertz CT molecular complexity index is 352. The zero-order chi connectivity index (χ0) is 10.2. The highest BCUT2D eigenvalue weighted by Crippen LogP contribution is 2.38. The molecule has 1 aliphatic rings. The Morgan fingerprint density at radius 3 is 2.93 bits per heavy atom. The van der Waals surface area contributed by atoms with Crippen molar-refractivity contribution in [2.24, 2.45) is 0 Å². The number of aryl methyl sites for hydroxylation is 1. The van der Waals surface area contributed by atoms with Crippen LogP contribution in [0.3, 0.4) is 0 Å². The topological polar surface area (TPSA) is 58.0 Å². The summed E-state index contributed by atoms with van der Waals surface area (Å²) in [7, 11) is 0. The van der Waals surface area contributed by atoms with Crippen molar-refractivity contribution < 1.29 is 5.11 Å². The molecule has 0 aliphatic heterocycles. The third kappa shape index (κ3) is 1.81. The van der Waals surface area contributed by atoms with Gasteiger partial charge in [-0.15, -0.1) is 0 Å². The second-order valence-electron chi connectivity index (χ2n) is 3.73. The molecular weight excluding hydrogens is 202 g/mol. The number of nitrogens with zero attached hydrogens (tertiary/aromatic N) is 2. The molecule has 0 spiro atoms. The summed E-state index contributed by atoms with van der Waals surface area (Å²) in [6.07, 6.45) is 3.63. The van der Waals surface area contributed by atoms with Gasteiger partial charge in [0, 0.05) is 11.8 Å². The van der Waals surface area contributed by atoms with Gasteiger partial charge in [-0.25, -0.2) is 9.97 Å². The van der Waals surface area contributed by atoms with Crippen LogP contribution in [0.2, 0.25) is 5.28 Å². The number of aliphatic hydroxyl groups is 1. The highest BCUT2D eigenvalue weighted by Gasteiger charge is 2.42. The highest BCUT2D eigenvalue weighted by molar-refractivity contribution is 6.28. The Kier molecular flexibility index (Phi) is 2.33. The van der Waals surface area contributed by atoms with Crippen molar-refractivity contribution in [1.82, 2.24) is 9.97 Å². The maximum atomic E-state index is 9.14. The lowest BCUT2D eigenvalue weighted by molar-refractivity contribution is 0.266. The molecule has 1 aromatic rings. The lowest BCUT2D eigenvalue weighted by Crippen LogP contribution is -2.26. The fraction of sp³-hybridized carbons (Fsp3) is 0.556.